The molecule has 0 saturated carbocycles. The molecule has 0 fully saturated rings. The van der Waals surface area contributed by atoms with Gasteiger partial charge in [0.05, 0.1) is 17.6 Å². The van der Waals surface area contributed by atoms with Gasteiger partial charge in [0.1, 0.15) is 0 Å². The highest BCUT2D eigenvalue weighted by molar-refractivity contribution is 5.58. The molecule has 0 aliphatic rings. The van der Waals surface area contributed by atoms with Crippen molar-refractivity contribution in [3.8, 4) is 11.4 Å². The van der Waals surface area contributed by atoms with E-state index in [1.165, 1.54) is 5.56 Å². The van der Waals surface area contributed by atoms with E-state index < -0.39 is 0 Å². The Hall–Kier alpha value is -1.90. The van der Waals surface area contributed by atoms with Crippen molar-refractivity contribution < 1.29 is 0 Å². The van der Waals surface area contributed by atoms with Crippen LogP contribution in [0.3, 0.4) is 0 Å². The molecular formula is C13H15N3. The molecule has 0 unspecified atom stereocenters. The smallest absolute Gasteiger partial charge is 0.159 e. The molecular weight excluding hydrogens is 198 g/mol. The van der Waals surface area contributed by atoms with Crippen LogP contribution in [0.1, 0.15) is 11.3 Å². The molecule has 0 bridgehead atoms. The minimum absolute atomic E-state index is 0.775. The van der Waals surface area contributed by atoms with Crippen LogP contribution in [-0.4, -0.2) is 17.0 Å². The van der Waals surface area contributed by atoms with Gasteiger partial charge >= 0.3 is 0 Å². The summed E-state index contributed by atoms with van der Waals surface area (Å²) in [7, 11) is 1.87. The maximum atomic E-state index is 4.47. The Labute approximate surface area is 95.6 Å². The first kappa shape index (κ1) is 10.6. The number of hydrogen-bond acceptors (Lipinski definition) is 3. The average molecular weight is 213 g/mol. The molecule has 1 N–H and O–H groups in total. The van der Waals surface area contributed by atoms with Crippen LogP contribution < -0.4 is 5.32 Å². The predicted octanol–water partition coefficient (Wildman–Crippen LogP) is 2.80. The second-order valence-corrected chi connectivity index (χ2v) is 3.81. The lowest BCUT2D eigenvalue weighted by atomic mass is 10.1. The fraction of sp³-hybridized carbons (Fsp3) is 0.231. The Morgan fingerprint density at radius 3 is 2.31 bits per heavy atom. The Bertz CT molecular complexity index is 489. The molecule has 16 heavy (non-hydrogen) atoms. The van der Waals surface area contributed by atoms with E-state index in [9.17, 15) is 0 Å². The molecule has 2 rings (SSSR count). The first-order valence-corrected chi connectivity index (χ1v) is 5.29. The van der Waals surface area contributed by atoms with Gasteiger partial charge in [0.25, 0.3) is 0 Å². The number of hydrogen-bond donors (Lipinski definition) is 1. The maximum Gasteiger partial charge on any atom is 0.159 e. The maximum absolute atomic E-state index is 4.47. The van der Waals surface area contributed by atoms with Crippen molar-refractivity contribution in [2.75, 3.05) is 12.4 Å². The summed E-state index contributed by atoms with van der Waals surface area (Å²) >= 11 is 0. The normalized spacial score (nSPS) is 10.2. The van der Waals surface area contributed by atoms with Crippen molar-refractivity contribution >= 4 is 5.69 Å². The van der Waals surface area contributed by atoms with Crippen molar-refractivity contribution in [1.82, 2.24) is 9.97 Å². The molecule has 1 aromatic heterocycles. The van der Waals surface area contributed by atoms with Crippen LogP contribution in [0.4, 0.5) is 5.69 Å². The number of benzene rings is 1. The minimum Gasteiger partial charge on any atom is -0.385 e. The van der Waals surface area contributed by atoms with Crippen molar-refractivity contribution in [3.05, 3.63) is 41.7 Å². The molecule has 3 nitrogen and oxygen atoms in total. The summed E-state index contributed by atoms with van der Waals surface area (Å²) in [6.45, 7) is 4.05. The fourth-order valence-corrected chi connectivity index (χ4v) is 1.55. The molecule has 0 amide bonds. The van der Waals surface area contributed by atoms with Crippen LogP contribution in [0.5, 0.6) is 0 Å². The topological polar surface area (TPSA) is 37.8 Å². The Morgan fingerprint density at radius 2 is 1.75 bits per heavy atom. The third-order valence-corrected chi connectivity index (χ3v) is 2.56. The number of nitrogens with one attached hydrogen (secondary N) is 1. The van der Waals surface area contributed by atoms with Gasteiger partial charge < -0.3 is 5.32 Å². The SMILES string of the molecule is CNc1cnc(-c2ccc(C)cc2)nc1C. The van der Waals surface area contributed by atoms with E-state index >= 15 is 0 Å². The number of nitrogens with zero attached hydrogens (tertiary/aromatic N) is 2. The van der Waals surface area contributed by atoms with Crippen molar-refractivity contribution in [2.45, 2.75) is 13.8 Å². The molecule has 2 aromatic rings. The highest BCUT2D eigenvalue weighted by Crippen LogP contribution is 2.18. The lowest BCUT2D eigenvalue weighted by Gasteiger charge is -2.06. The van der Waals surface area contributed by atoms with Gasteiger partial charge in [-0.25, -0.2) is 9.97 Å². The van der Waals surface area contributed by atoms with E-state index in [1.807, 2.05) is 32.3 Å². The van der Waals surface area contributed by atoms with Crippen LogP contribution in [0.2, 0.25) is 0 Å². The summed E-state index contributed by atoms with van der Waals surface area (Å²) < 4.78 is 0. The second-order valence-electron chi connectivity index (χ2n) is 3.81. The van der Waals surface area contributed by atoms with Crippen molar-refractivity contribution in [3.63, 3.8) is 0 Å². The van der Waals surface area contributed by atoms with E-state index in [0.717, 1.165) is 22.8 Å². The molecule has 3 heteroatoms. The van der Waals surface area contributed by atoms with Crippen molar-refractivity contribution in [1.29, 1.82) is 0 Å². The molecule has 0 saturated heterocycles. The van der Waals surface area contributed by atoms with Crippen LogP contribution >= 0.6 is 0 Å². The quantitative estimate of drug-likeness (QED) is 0.833. The monoisotopic (exact) mass is 213 g/mol. The first-order chi connectivity index (χ1) is 7.70. The van der Waals surface area contributed by atoms with Crippen LogP contribution in [0.25, 0.3) is 11.4 Å². The molecule has 1 aromatic carbocycles. The zero-order valence-electron chi connectivity index (χ0n) is 9.78. The average Bonchev–Trinajstić information content (AvgIpc) is 2.30. The summed E-state index contributed by atoms with van der Waals surface area (Å²) in [6.07, 6.45) is 1.82. The van der Waals surface area contributed by atoms with Crippen LogP contribution in [0.15, 0.2) is 30.5 Å². The van der Waals surface area contributed by atoms with Gasteiger partial charge in [-0.3, -0.25) is 0 Å². The number of rotatable bonds is 2. The molecule has 0 atom stereocenters. The predicted molar refractivity (Wildman–Crippen MR) is 66.5 cm³/mol. The van der Waals surface area contributed by atoms with Crippen molar-refractivity contribution in [2.24, 2.45) is 0 Å². The summed E-state index contributed by atoms with van der Waals surface area (Å²) in [4.78, 5) is 8.81. The summed E-state index contributed by atoms with van der Waals surface area (Å²) in [5.74, 6) is 0.775. The lowest BCUT2D eigenvalue weighted by molar-refractivity contribution is 1.11. The fourth-order valence-electron chi connectivity index (χ4n) is 1.55. The summed E-state index contributed by atoms with van der Waals surface area (Å²) in [6, 6.07) is 8.23. The minimum atomic E-state index is 0.775. The lowest BCUT2D eigenvalue weighted by Crippen LogP contribution is -1.98. The second kappa shape index (κ2) is 4.31. The zero-order valence-corrected chi connectivity index (χ0v) is 9.78. The third kappa shape index (κ3) is 2.03. The Balaban J connectivity index is 2.41. The summed E-state index contributed by atoms with van der Waals surface area (Å²) in [5.41, 5.74) is 4.23. The van der Waals surface area contributed by atoms with Crippen LogP contribution in [0, 0.1) is 13.8 Å². The highest BCUT2D eigenvalue weighted by atomic mass is 14.9. The van der Waals surface area contributed by atoms with Gasteiger partial charge in [-0.15, -0.1) is 0 Å². The molecule has 0 radical (unpaired) electrons. The van der Waals surface area contributed by atoms with Gasteiger partial charge in [0, 0.05) is 12.6 Å². The highest BCUT2D eigenvalue weighted by Gasteiger charge is 2.03. The van der Waals surface area contributed by atoms with E-state index in [0.29, 0.717) is 0 Å². The standard InChI is InChI=1S/C13H15N3/c1-9-4-6-11(7-5-9)13-15-8-12(14-3)10(2)16-13/h4-8,14H,1-3H3. The van der Waals surface area contributed by atoms with Gasteiger partial charge in [-0.1, -0.05) is 29.8 Å². The zero-order chi connectivity index (χ0) is 11.5. The largest absolute Gasteiger partial charge is 0.385 e. The van der Waals surface area contributed by atoms with Gasteiger partial charge in [0.2, 0.25) is 0 Å². The Morgan fingerprint density at radius 1 is 1.06 bits per heavy atom. The van der Waals surface area contributed by atoms with E-state index in [4.69, 9.17) is 0 Å². The number of anilines is 1. The molecule has 82 valence electrons. The van der Waals surface area contributed by atoms with Crippen LogP contribution in [-0.2, 0) is 0 Å². The molecule has 0 spiro atoms. The van der Waals surface area contributed by atoms with E-state index in [1.54, 1.807) is 0 Å². The molecule has 0 aliphatic carbocycles. The van der Waals surface area contributed by atoms with E-state index in [-0.39, 0.29) is 0 Å². The summed E-state index contributed by atoms with van der Waals surface area (Å²) in [5, 5.41) is 3.06. The van der Waals surface area contributed by atoms with E-state index in [2.05, 4.69) is 34.3 Å². The van der Waals surface area contributed by atoms with Gasteiger partial charge in [-0.2, -0.15) is 0 Å². The van der Waals surface area contributed by atoms with Gasteiger partial charge in [0.15, 0.2) is 5.82 Å². The first-order valence-electron chi connectivity index (χ1n) is 5.29. The van der Waals surface area contributed by atoms with Gasteiger partial charge in [-0.05, 0) is 13.8 Å². The molecule has 0 aliphatic heterocycles. The molecule has 1 heterocycles. The number of aryl methyl sites for hydroxylation is 2. The number of aromatic nitrogens is 2. The third-order valence-electron chi connectivity index (χ3n) is 2.56. The Kier molecular flexibility index (Phi) is 2.86.